The van der Waals surface area contributed by atoms with Gasteiger partial charge in [-0.3, -0.25) is 4.57 Å². The zero-order valence-corrected chi connectivity index (χ0v) is 17.3. The zero-order valence-electron chi connectivity index (χ0n) is 14.1. The molecule has 0 aliphatic heterocycles. The molecule has 0 saturated heterocycles. The first kappa shape index (κ1) is 17.5. The third-order valence-corrected chi connectivity index (χ3v) is 6.34. The molecule has 0 amide bonds. The van der Waals surface area contributed by atoms with Gasteiger partial charge in [0.25, 0.3) is 0 Å². The maximum absolute atomic E-state index is 4.48. The molecule has 6 heteroatoms. The molecule has 0 aliphatic carbocycles. The van der Waals surface area contributed by atoms with Gasteiger partial charge in [0.05, 0.1) is 4.88 Å². The lowest BCUT2D eigenvalue weighted by molar-refractivity contribution is 0.886. The molecule has 4 aromatic rings. The summed E-state index contributed by atoms with van der Waals surface area (Å²) >= 11 is 6.86. The molecule has 0 N–H and O–H groups in total. The van der Waals surface area contributed by atoms with Crippen LogP contribution in [-0.4, -0.2) is 14.8 Å². The predicted octanol–water partition coefficient (Wildman–Crippen LogP) is 6.36. The summed E-state index contributed by atoms with van der Waals surface area (Å²) in [7, 11) is 0. The van der Waals surface area contributed by atoms with E-state index in [-0.39, 0.29) is 0 Å². The van der Waals surface area contributed by atoms with Crippen LogP contribution in [0.2, 0.25) is 0 Å². The average molecular weight is 442 g/mol. The summed E-state index contributed by atoms with van der Waals surface area (Å²) in [5.74, 6) is 1.74. The lowest BCUT2D eigenvalue weighted by Gasteiger charge is -2.10. The van der Waals surface area contributed by atoms with Gasteiger partial charge < -0.3 is 0 Å². The normalized spacial score (nSPS) is 11.0. The molecule has 0 unspecified atom stereocenters. The minimum atomic E-state index is 0.849. The summed E-state index contributed by atoms with van der Waals surface area (Å²) < 4.78 is 3.24. The molecule has 0 aliphatic rings. The fourth-order valence-corrected chi connectivity index (χ4v) is 4.45. The smallest absolute Gasteiger partial charge is 0.196 e. The van der Waals surface area contributed by atoms with E-state index in [0.29, 0.717) is 0 Å². The Hall–Kier alpha value is -1.89. The van der Waals surface area contributed by atoms with Crippen LogP contribution in [-0.2, 0) is 5.75 Å². The van der Waals surface area contributed by atoms with E-state index >= 15 is 0 Å². The van der Waals surface area contributed by atoms with Gasteiger partial charge in [0.2, 0.25) is 0 Å². The second-order valence-electron chi connectivity index (χ2n) is 5.87. The van der Waals surface area contributed by atoms with Gasteiger partial charge in [-0.15, -0.1) is 21.5 Å². The van der Waals surface area contributed by atoms with Crippen molar-refractivity contribution in [3.05, 3.63) is 81.6 Å². The molecule has 0 atom stereocenters. The maximum Gasteiger partial charge on any atom is 0.196 e. The van der Waals surface area contributed by atoms with Crippen molar-refractivity contribution in [2.75, 3.05) is 0 Å². The molecule has 4 rings (SSSR count). The van der Waals surface area contributed by atoms with E-state index in [0.717, 1.165) is 31.8 Å². The Bertz CT molecular complexity index is 991. The van der Waals surface area contributed by atoms with Crippen molar-refractivity contribution in [1.29, 1.82) is 0 Å². The number of aromatic nitrogens is 3. The van der Waals surface area contributed by atoms with Crippen LogP contribution in [0, 0.1) is 6.92 Å². The van der Waals surface area contributed by atoms with Crippen molar-refractivity contribution < 1.29 is 0 Å². The molecule has 0 saturated carbocycles. The molecule has 0 spiro atoms. The molecule has 0 fully saturated rings. The van der Waals surface area contributed by atoms with Gasteiger partial charge in [0.1, 0.15) is 0 Å². The Morgan fingerprint density at radius 2 is 1.77 bits per heavy atom. The minimum Gasteiger partial charge on any atom is -0.269 e. The molecule has 2 aromatic carbocycles. The number of thioether (sulfide) groups is 1. The topological polar surface area (TPSA) is 30.7 Å². The van der Waals surface area contributed by atoms with Crippen LogP contribution in [0.1, 0.15) is 11.1 Å². The molecule has 26 heavy (non-hydrogen) atoms. The van der Waals surface area contributed by atoms with Gasteiger partial charge in [-0.25, -0.2) is 0 Å². The highest BCUT2D eigenvalue weighted by molar-refractivity contribution is 9.10. The Morgan fingerprint density at radius 1 is 1.00 bits per heavy atom. The van der Waals surface area contributed by atoms with Crippen molar-refractivity contribution >= 4 is 39.0 Å². The first-order valence-electron chi connectivity index (χ1n) is 8.14. The third-order valence-electron chi connectivity index (χ3n) is 3.95. The monoisotopic (exact) mass is 441 g/mol. The first-order valence-corrected chi connectivity index (χ1v) is 10.8. The highest BCUT2D eigenvalue weighted by Gasteiger charge is 2.16. The van der Waals surface area contributed by atoms with Crippen molar-refractivity contribution in [2.24, 2.45) is 0 Å². The Morgan fingerprint density at radius 3 is 2.46 bits per heavy atom. The van der Waals surface area contributed by atoms with Crippen LogP contribution < -0.4 is 0 Å². The van der Waals surface area contributed by atoms with E-state index < -0.39 is 0 Å². The third kappa shape index (κ3) is 3.77. The highest BCUT2D eigenvalue weighted by Crippen LogP contribution is 2.32. The molecule has 0 bridgehead atoms. The first-order chi connectivity index (χ1) is 12.7. The lowest BCUT2D eigenvalue weighted by atomic mass is 10.2. The second kappa shape index (κ2) is 7.78. The summed E-state index contributed by atoms with van der Waals surface area (Å²) in [5, 5.41) is 11.9. The quantitative estimate of drug-likeness (QED) is 0.337. The van der Waals surface area contributed by atoms with Gasteiger partial charge in [-0.05, 0) is 48.2 Å². The van der Waals surface area contributed by atoms with E-state index in [4.69, 9.17) is 0 Å². The standard InChI is InChI=1S/C20H16BrN3S2/c1-14-4-10-17(11-5-14)24-19(18-3-2-12-25-18)22-23-20(24)26-13-15-6-8-16(21)9-7-15/h2-12H,13H2,1H3. The predicted molar refractivity (Wildman–Crippen MR) is 113 cm³/mol. The Balaban J connectivity index is 1.70. The maximum atomic E-state index is 4.48. The molecule has 2 aromatic heterocycles. The lowest BCUT2D eigenvalue weighted by Crippen LogP contribution is -1.99. The highest BCUT2D eigenvalue weighted by atomic mass is 79.9. The Labute approximate surface area is 169 Å². The van der Waals surface area contributed by atoms with Crippen LogP contribution in [0.5, 0.6) is 0 Å². The molecular formula is C20H16BrN3S2. The summed E-state index contributed by atoms with van der Waals surface area (Å²) in [4.78, 5) is 1.12. The van der Waals surface area contributed by atoms with Gasteiger partial charge in [-0.1, -0.05) is 63.6 Å². The summed E-state index contributed by atoms with van der Waals surface area (Å²) in [6.45, 7) is 2.10. The second-order valence-corrected chi connectivity index (χ2v) is 8.68. The number of hydrogen-bond acceptors (Lipinski definition) is 4. The van der Waals surface area contributed by atoms with Crippen LogP contribution >= 0.6 is 39.0 Å². The number of aryl methyl sites for hydroxylation is 1. The van der Waals surface area contributed by atoms with Gasteiger partial charge in [-0.2, -0.15) is 0 Å². The fraction of sp³-hybridized carbons (Fsp3) is 0.100. The van der Waals surface area contributed by atoms with Gasteiger partial charge in [0, 0.05) is 15.9 Å². The molecular weight excluding hydrogens is 426 g/mol. The summed E-state index contributed by atoms with van der Waals surface area (Å²) in [5.41, 5.74) is 3.58. The number of hydrogen-bond donors (Lipinski definition) is 0. The minimum absolute atomic E-state index is 0.849. The van der Waals surface area contributed by atoms with Crippen LogP contribution in [0.15, 0.2) is 75.7 Å². The molecule has 3 nitrogen and oxygen atoms in total. The number of thiophene rings is 1. The summed E-state index contributed by atoms with van der Waals surface area (Å²) in [6, 6.07) is 21.0. The molecule has 130 valence electrons. The van der Waals surface area contributed by atoms with Gasteiger partial charge >= 0.3 is 0 Å². The van der Waals surface area contributed by atoms with E-state index in [1.54, 1.807) is 23.1 Å². The Kier molecular flexibility index (Phi) is 5.24. The zero-order chi connectivity index (χ0) is 17.9. The van der Waals surface area contributed by atoms with Crippen LogP contribution in [0.4, 0.5) is 0 Å². The number of halogens is 1. The molecule has 0 radical (unpaired) electrons. The van der Waals surface area contributed by atoms with E-state index in [1.165, 1.54) is 11.1 Å². The van der Waals surface area contributed by atoms with E-state index in [9.17, 15) is 0 Å². The SMILES string of the molecule is Cc1ccc(-n2c(SCc3ccc(Br)cc3)nnc2-c2cccs2)cc1. The molecule has 2 heterocycles. The number of nitrogens with zero attached hydrogens (tertiary/aromatic N) is 3. The van der Waals surface area contributed by atoms with Crippen molar-refractivity contribution in [3.8, 4) is 16.4 Å². The van der Waals surface area contributed by atoms with Crippen LogP contribution in [0.3, 0.4) is 0 Å². The summed E-state index contributed by atoms with van der Waals surface area (Å²) in [6.07, 6.45) is 0. The fourth-order valence-electron chi connectivity index (χ4n) is 2.58. The van der Waals surface area contributed by atoms with Crippen molar-refractivity contribution in [1.82, 2.24) is 14.8 Å². The van der Waals surface area contributed by atoms with Crippen LogP contribution in [0.25, 0.3) is 16.4 Å². The van der Waals surface area contributed by atoms with Gasteiger partial charge in [0.15, 0.2) is 11.0 Å². The van der Waals surface area contributed by atoms with Crippen molar-refractivity contribution in [3.63, 3.8) is 0 Å². The number of rotatable bonds is 5. The number of benzene rings is 2. The van der Waals surface area contributed by atoms with E-state index in [1.807, 2.05) is 6.07 Å². The van der Waals surface area contributed by atoms with Crippen molar-refractivity contribution in [2.45, 2.75) is 17.8 Å². The average Bonchev–Trinajstić information content (AvgIpc) is 3.31. The largest absolute Gasteiger partial charge is 0.269 e. The van der Waals surface area contributed by atoms with E-state index in [2.05, 4.69) is 97.6 Å².